The highest BCUT2D eigenvalue weighted by Gasteiger charge is 2.37. The predicted octanol–water partition coefficient (Wildman–Crippen LogP) is 3.55. The second-order valence-electron chi connectivity index (χ2n) is 8.98. The van der Waals surface area contributed by atoms with Gasteiger partial charge < -0.3 is 20.4 Å². The van der Waals surface area contributed by atoms with E-state index in [1.807, 2.05) is 51.1 Å². The number of nitrogens with zero attached hydrogens (tertiary/aromatic N) is 2. The standard InChI is InChI=1S/C23H35ClN4O3/c1-6-16(2)19(26-21(30)23(4,5)15-24)20(29)27-12-13-28(17(3)14-27)22(31)25-18-10-8-7-9-11-18/h7-11,16-17,19H,6,12-15H2,1-5H3,(H,25,31)(H,26,30). The van der Waals surface area contributed by atoms with E-state index in [1.165, 1.54) is 0 Å². The Kier molecular flexibility index (Phi) is 8.74. The van der Waals surface area contributed by atoms with Crippen LogP contribution in [0.2, 0.25) is 0 Å². The van der Waals surface area contributed by atoms with Crippen LogP contribution in [0.4, 0.5) is 10.5 Å². The minimum Gasteiger partial charge on any atom is -0.344 e. The SMILES string of the molecule is CCC(C)C(NC(=O)C(C)(C)CCl)C(=O)N1CCN(C(=O)Nc2ccccc2)C(C)C1. The Labute approximate surface area is 190 Å². The van der Waals surface area contributed by atoms with Gasteiger partial charge in [0.05, 0.1) is 5.41 Å². The van der Waals surface area contributed by atoms with Gasteiger partial charge in [0.25, 0.3) is 0 Å². The van der Waals surface area contributed by atoms with E-state index in [4.69, 9.17) is 11.6 Å². The largest absolute Gasteiger partial charge is 0.344 e. The molecule has 1 aliphatic rings. The van der Waals surface area contributed by atoms with Crippen molar-refractivity contribution in [3.8, 4) is 0 Å². The number of hydrogen-bond donors (Lipinski definition) is 2. The van der Waals surface area contributed by atoms with Gasteiger partial charge in [-0.1, -0.05) is 38.5 Å². The average Bonchev–Trinajstić information content (AvgIpc) is 2.76. The summed E-state index contributed by atoms with van der Waals surface area (Å²) in [5.41, 5.74) is -0.0191. The maximum atomic E-state index is 13.3. The molecule has 0 radical (unpaired) electrons. The maximum Gasteiger partial charge on any atom is 0.322 e. The first-order valence-corrected chi connectivity index (χ1v) is 11.4. The molecular weight excluding hydrogens is 416 g/mol. The summed E-state index contributed by atoms with van der Waals surface area (Å²) in [5.74, 6) is -0.178. The maximum absolute atomic E-state index is 13.3. The van der Waals surface area contributed by atoms with E-state index in [1.54, 1.807) is 23.6 Å². The lowest BCUT2D eigenvalue weighted by Crippen LogP contribution is -2.61. The van der Waals surface area contributed by atoms with E-state index in [9.17, 15) is 14.4 Å². The Bertz CT molecular complexity index is 771. The third kappa shape index (κ3) is 6.35. The number of benzene rings is 1. The van der Waals surface area contributed by atoms with Crippen LogP contribution in [-0.4, -0.2) is 65.2 Å². The fraction of sp³-hybridized carbons (Fsp3) is 0.609. The average molecular weight is 451 g/mol. The molecule has 1 heterocycles. The predicted molar refractivity (Wildman–Crippen MR) is 124 cm³/mol. The number of anilines is 1. The Balaban J connectivity index is 2.04. The smallest absolute Gasteiger partial charge is 0.322 e. The summed E-state index contributed by atoms with van der Waals surface area (Å²) in [7, 11) is 0. The van der Waals surface area contributed by atoms with Crippen molar-refractivity contribution in [2.75, 3.05) is 30.8 Å². The van der Waals surface area contributed by atoms with Crippen LogP contribution in [0.15, 0.2) is 30.3 Å². The minimum absolute atomic E-state index is 0.0164. The minimum atomic E-state index is -0.755. The number of rotatable bonds is 7. The second kappa shape index (κ2) is 10.8. The Morgan fingerprint density at radius 2 is 1.84 bits per heavy atom. The number of hydrogen-bond acceptors (Lipinski definition) is 3. The lowest BCUT2D eigenvalue weighted by Gasteiger charge is -2.41. The fourth-order valence-electron chi connectivity index (χ4n) is 3.45. The number of nitrogens with one attached hydrogen (secondary N) is 2. The van der Waals surface area contributed by atoms with Gasteiger partial charge in [0.1, 0.15) is 6.04 Å². The van der Waals surface area contributed by atoms with E-state index in [0.29, 0.717) is 19.6 Å². The summed E-state index contributed by atoms with van der Waals surface area (Å²) in [6.07, 6.45) is 0.757. The summed E-state index contributed by atoms with van der Waals surface area (Å²) >= 11 is 5.94. The van der Waals surface area contributed by atoms with Gasteiger partial charge in [-0.15, -0.1) is 11.6 Å². The number of alkyl halides is 1. The molecule has 8 heteroatoms. The highest BCUT2D eigenvalue weighted by molar-refractivity contribution is 6.19. The van der Waals surface area contributed by atoms with E-state index >= 15 is 0 Å². The highest BCUT2D eigenvalue weighted by atomic mass is 35.5. The number of halogens is 1. The number of para-hydroxylation sites is 1. The molecule has 2 rings (SSSR count). The van der Waals surface area contributed by atoms with Gasteiger partial charge in [-0.05, 0) is 38.8 Å². The molecule has 3 atom stereocenters. The van der Waals surface area contributed by atoms with Crippen LogP contribution in [0, 0.1) is 11.3 Å². The van der Waals surface area contributed by atoms with Crippen LogP contribution in [0.25, 0.3) is 0 Å². The zero-order valence-electron chi connectivity index (χ0n) is 19.2. The first-order valence-electron chi connectivity index (χ1n) is 10.9. The Morgan fingerprint density at radius 3 is 2.39 bits per heavy atom. The quantitative estimate of drug-likeness (QED) is 0.623. The molecule has 2 N–H and O–H groups in total. The summed E-state index contributed by atoms with van der Waals surface area (Å²) < 4.78 is 0. The fourth-order valence-corrected chi connectivity index (χ4v) is 3.57. The zero-order chi connectivity index (χ0) is 23.2. The zero-order valence-corrected chi connectivity index (χ0v) is 19.9. The van der Waals surface area contributed by atoms with Gasteiger partial charge in [-0.25, -0.2) is 4.79 Å². The number of piperazine rings is 1. The van der Waals surface area contributed by atoms with E-state index < -0.39 is 11.5 Å². The monoisotopic (exact) mass is 450 g/mol. The molecule has 1 aromatic rings. The van der Waals surface area contributed by atoms with Crippen LogP contribution in [0.1, 0.15) is 41.0 Å². The van der Waals surface area contributed by atoms with Gasteiger partial charge in [0, 0.05) is 37.2 Å². The first-order chi connectivity index (χ1) is 14.6. The van der Waals surface area contributed by atoms with Crippen molar-refractivity contribution < 1.29 is 14.4 Å². The number of amides is 4. The van der Waals surface area contributed by atoms with Crippen molar-refractivity contribution in [1.82, 2.24) is 15.1 Å². The van der Waals surface area contributed by atoms with Gasteiger partial charge >= 0.3 is 6.03 Å². The summed E-state index contributed by atoms with van der Waals surface area (Å²) in [5, 5.41) is 5.83. The number of carbonyl (C=O) groups is 3. The van der Waals surface area contributed by atoms with Gasteiger partial charge in [0.15, 0.2) is 0 Å². The molecule has 4 amide bonds. The summed E-state index contributed by atoms with van der Waals surface area (Å²) in [4.78, 5) is 42.2. The van der Waals surface area contributed by atoms with Crippen molar-refractivity contribution in [3.63, 3.8) is 0 Å². The lowest BCUT2D eigenvalue weighted by atomic mass is 9.92. The van der Waals surface area contributed by atoms with Crippen molar-refractivity contribution in [3.05, 3.63) is 30.3 Å². The molecule has 172 valence electrons. The van der Waals surface area contributed by atoms with E-state index in [2.05, 4.69) is 10.6 Å². The molecule has 0 spiro atoms. The second-order valence-corrected chi connectivity index (χ2v) is 9.24. The third-order valence-electron chi connectivity index (χ3n) is 5.94. The van der Waals surface area contributed by atoms with Crippen molar-refractivity contribution in [2.24, 2.45) is 11.3 Å². The van der Waals surface area contributed by atoms with Crippen LogP contribution < -0.4 is 10.6 Å². The molecule has 1 aliphatic heterocycles. The molecule has 1 saturated heterocycles. The Morgan fingerprint density at radius 1 is 1.19 bits per heavy atom. The molecule has 3 unspecified atom stereocenters. The van der Waals surface area contributed by atoms with Gasteiger partial charge in [-0.2, -0.15) is 0 Å². The van der Waals surface area contributed by atoms with Crippen LogP contribution >= 0.6 is 11.6 Å². The van der Waals surface area contributed by atoms with Gasteiger partial charge in [-0.3, -0.25) is 9.59 Å². The highest BCUT2D eigenvalue weighted by Crippen LogP contribution is 2.21. The summed E-state index contributed by atoms with van der Waals surface area (Å²) in [6, 6.07) is 8.36. The van der Waals surface area contributed by atoms with E-state index in [-0.39, 0.29) is 35.7 Å². The van der Waals surface area contributed by atoms with Crippen molar-refractivity contribution in [2.45, 2.75) is 53.1 Å². The molecule has 31 heavy (non-hydrogen) atoms. The van der Waals surface area contributed by atoms with Gasteiger partial charge in [0.2, 0.25) is 11.8 Å². The number of carbonyl (C=O) groups excluding carboxylic acids is 3. The molecule has 0 bridgehead atoms. The molecule has 0 aromatic heterocycles. The summed E-state index contributed by atoms with van der Waals surface area (Å²) in [6.45, 7) is 10.7. The van der Waals surface area contributed by atoms with Crippen molar-refractivity contribution in [1.29, 1.82) is 0 Å². The molecule has 0 aliphatic carbocycles. The molecule has 1 aromatic carbocycles. The first kappa shape index (κ1) is 25.0. The van der Waals surface area contributed by atoms with Crippen LogP contribution in [0.5, 0.6) is 0 Å². The van der Waals surface area contributed by atoms with Crippen LogP contribution in [0.3, 0.4) is 0 Å². The molecular formula is C23H35ClN4O3. The third-order valence-corrected chi connectivity index (χ3v) is 6.61. The lowest BCUT2D eigenvalue weighted by molar-refractivity contribution is -0.141. The molecule has 7 nitrogen and oxygen atoms in total. The topological polar surface area (TPSA) is 81.8 Å². The molecule has 1 fully saturated rings. The van der Waals surface area contributed by atoms with Crippen LogP contribution in [-0.2, 0) is 9.59 Å². The number of urea groups is 1. The Hall–Kier alpha value is -2.28. The normalized spacial score (nSPS) is 18.8. The van der Waals surface area contributed by atoms with E-state index in [0.717, 1.165) is 12.1 Å². The van der Waals surface area contributed by atoms with Crippen molar-refractivity contribution >= 4 is 35.1 Å². The molecule has 0 saturated carbocycles.